The highest BCUT2D eigenvalue weighted by atomic mass is 32.2. The molecule has 122 heavy (non-hydrogen) atoms. The van der Waals surface area contributed by atoms with Crippen LogP contribution in [0, 0.1) is 19.3 Å². The zero-order chi connectivity index (χ0) is 86.4. The summed E-state index contributed by atoms with van der Waals surface area (Å²) in [5.74, 6) is -7.53. The fourth-order valence-electron chi connectivity index (χ4n) is 14.5. The van der Waals surface area contributed by atoms with Crippen LogP contribution >= 0.6 is 11.8 Å². The van der Waals surface area contributed by atoms with E-state index in [2.05, 4.69) is 106 Å². The molecule has 4 unspecified atom stereocenters. The number of fused-ring (bicyclic) bond motifs is 20. The summed E-state index contributed by atoms with van der Waals surface area (Å²) in [4.78, 5) is 131. The third-order valence-electron chi connectivity index (χ3n) is 20.8. The van der Waals surface area contributed by atoms with E-state index in [1.54, 1.807) is 61.7 Å². The van der Waals surface area contributed by atoms with Gasteiger partial charge < -0.3 is 116 Å². The molecular formula is C86H109N15O20S. The first-order chi connectivity index (χ1) is 59.1. The maximum absolute atomic E-state index is 14.4. The third kappa shape index (κ3) is 25.7. The second-order valence-electron chi connectivity index (χ2n) is 29.6. The van der Waals surface area contributed by atoms with E-state index in [4.69, 9.17) is 49.0 Å². The number of thioether (sulfide) groups is 1. The quantitative estimate of drug-likeness (QED) is 0.00911. The number of carbonyl (C=O) groups excluding carboxylic acids is 8. The summed E-state index contributed by atoms with van der Waals surface area (Å²) in [6, 6.07) is 30.8. The lowest BCUT2D eigenvalue weighted by atomic mass is 9.93. The zero-order valence-electron chi connectivity index (χ0n) is 68.8. The molecule has 0 radical (unpaired) electrons. The van der Waals surface area contributed by atoms with Crippen LogP contribution in [0.3, 0.4) is 0 Å². The highest BCUT2D eigenvalue weighted by Gasteiger charge is 2.37. The molecule has 1 aromatic heterocycles. The Bertz CT molecular complexity index is 4690. The number of hydrogen-bond donors (Lipinski definition) is 13. The molecule has 5 aliphatic heterocycles. The number of imide groups is 1. The Kier molecular flexibility index (Phi) is 33.8. The number of ether oxygens (including phenoxy) is 8. The molecule has 0 aliphatic carbocycles. The van der Waals surface area contributed by atoms with Gasteiger partial charge in [0.1, 0.15) is 61.2 Å². The molecular weight excluding hydrogens is 1600 g/mol. The standard InChI is InChI=1S/C86H109N15O20S/c1-55-14-19-67-70(47-55)119-39-33-99(34-40-120-71-48-56(2)15-20-68(71)98-31-37-117-44-42-115-35-29-97(67)30-36-116-43-45-118-38-32-98)69-21-16-58(50-72(69)121-46-41-114-3)22-25-89-62-18-17-61-78-59(62)11-7-12-60(78)83(111)101(84(61)112)28-26-90-74(102)23-27-100-76(104)52-73(85(100)113)122-54-66-82(110)94-63(13-8-24-91-86(87)88)79(107)92-53-75(103)93-65(51-77(105)106)81(109)95-64(80(108)96-66)49-57-9-5-4-6-10-57/h4-7,9-12,14-21,47-48,50,52,63-66,89,104,113H,8,13,22-46,49,51,53-54H2,1-3H3,(H,90,102)(H,92,107)(H,93,103)(H,94,110)(H,95,109)(H,96,108)(H,105,106)(H4,87,88,91). The second kappa shape index (κ2) is 45.5. The molecule has 6 heterocycles. The van der Waals surface area contributed by atoms with Crippen LogP contribution in [0.25, 0.3) is 10.8 Å². The highest BCUT2D eigenvalue weighted by Crippen LogP contribution is 2.39. The molecule has 7 aromatic rings. The number of carboxylic acid groups (broad SMARTS) is 1. The van der Waals surface area contributed by atoms with Gasteiger partial charge in [-0.05, 0) is 110 Å². The summed E-state index contributed by atoms with van der Waals surface area (Å²) < 4.78 is 51.3. The summed E-state index contributed by atoms with van der Waals surface area (Å²) in [6.07, 6.45) is -0.771. The van der Waals surface area contributed by atoms with Gasteiger partial charge >= 0.3 is 5.97 Å². The SMILES string of the molecule is COCCOc1cc(CCNc2ccc3c4c(cccc24)C(=O)N(CCNC(=O)CCn2c(O)cc(SCC4NC(=O)C(Cc5ccccc5)NC(=O)C(CC(=O)O)NC(=O)CNC(=O)C(CCCNC(=N)N)NC4=O)c2O)C3=O)ccc1N1CCOc2cc(C)ccc2N2CCOCCOCCN(CCOCCOCC2)c2ccc(C)cc2OCC1. The molecule has 2 saturated heterocycles. The monoisotopic (exact) mass is 1700 g/mol. The van der Waals surface area contributed by atoms with E-state index < -0.39 is 102 Å². The minimum atomic E-state index is -1.71. The van der Waals surface area contributed by atoms with Crippen LogP contribution in [-0.4, -0.2) is 272 Å². The predicted octanol–water partition coefficient (Wildman–Crippen LogP) is 3.96. The summed E-state index contributed by atoms with van der Waals surface area (Å²) in [6.45, 7) is 11.5. The van der Waals surface area contributed by atoms with Gasteiger partial charge in [-0.2, -0.15) is 0 Å². The minimum Gasteiger partial charge on any atom is -0.494 e. The summed E-state index contributed by atoms with van der Waals surface area (Å²) in [5.41, 5.74) is 13.0. The molecule has 654 valence electrons. The van der Waals surface area contributed by atoms with Crippen molar-refractivity contribution in [3.63, 3.8) is 0 Å². The molecule has 8 amide bonds. The van der Waals surface area contributed by atoms with Crippen LogP contribution < -0.4 is 77.2 Å². The second-order valence-corrected chi connectivity index (χ2v) is 30.6. The van der Waals surface area contributed by atoms with Crippen LogP contribution in [0.2, 0.25) is 0 Å². The molecule has 12 rings (SSSR count). The number of methoxy groups -OCH3 is 1. The van der Waals surface area contributed by atoms with E-state index in [-0.39, 0.29) is 75.1 Å². The Morgan fingerprint density at radius 2 is 1.18 bits per heavy atom. The van der Waals surface area contributed by atoms with Crippen molar-refractivity contribution in [1.29, 1.82) is 5.41 Å². The normalized spacial score (nSPS) is 18.5. The Balaban J connectivity index is 0.734. The average Bonchev–Trinajstić information content (AvgIpc) is 0.816. The molecule has 2 fully saturated rings. The van der Waals surface area contributed by atoms with Crippen molar-refractivity contribution in [2.75, 3.05) is 184 Å². The van der Waals surface area contributed by atoms with E-state index in [0.29, 0.717) is 164 Å². The topological polar surface area (TPSA) is 452 Å². The molecule has 36 heteroatoms. The number of aromatic nitrogens is 1. The van der Waals surface area contributed by atoms with E-state index in [1.807, 2.05) is 26.0 Å². The van der Waals surface area contributed by atoms with E-state index in [1.165, 1.54) is 6.07 Å². The smallest absolute Gasteiger partial charge is 0.305 e. The van der Waals surface area contributed by atoms with Gasteiger partial charge in [-0.15, -0.1) is 11.8 Å². The lowest BCUT2D eigenvalue weighted by molar-refractivity contribution is -0.141. The van der Waals surface area contributed by atoms with E-state index in [0.717, 1.165) is 66.5 Å². The van der Waals surface area contributed by atoms with Crippen LogP contribution in [0.4, 0.5) is 22.7 Å². The van der Waals surface area contributed by atoms with E-state index >= 15 is 0 Å². The summed E-state index contributed by atoms with van der Waals surface area (Å²) in [5, 5.41) is 62.4. The first kappa shape index (κ1) is 90.7. The fraction of sp³-hybridized carbons (Fsp3) is 0.442. The Morgan fingerprint density at radius 1 is 0.590 bits per heavy atom. The fourth-order valence-corrected chi connectivity index (χ4v) is 15.5. The number of hydrogen-bond acceptors (Lipinski definition) is 25. The first-order valence-corrected chi connectivity index (χ1v) is 41.8. The number of aliphatic carboxylic acids is 1. The van der Waals surface area contributed by atoms with Crippen molar-refractivity contribution >= 4 is 104 Å². The third-order valence-corrected chi connectivity index (χ3v) is 21.9. The van der Waals surface area contributed by atoms with Gasteiger partial charge in [0.25, 0.3) is 11.8 Å². The Morgan fingerprint density at radius 3 is 1.81 bits per heavy atom. The van der Waals surface area contributed by atoms with Gasteiger partial charge in [-0.3, -0.25) is 58.0 Å². The van der Waals surface area contributed by atoms with E-state index in [9.17, 15) is 58.5 Å². The molecule has 0 spiro atoms. The van der Waals surface area contributed by atoms with Gasteiger partial charge in [-0.1, -0.05) is 60.7 Å². The maximum atomic E-state index is 14.4. The Labute approximate surface area is 711 Å². The first-order valence-electron chi connectivity index (χ1n) is 40.9. The van der Waals surface area contributed by atoms with Crippen LogP contribution in [-0.2, 0) is 76.6 Å². The van der Waals surface area contributed by atoms with Crippen molar-refractivity contribution in [2.24, 2.45) is 5.73 Å². The number of nitrogens with zero attached hydrogens (tertiary/aromatic N) is 5. The zero-order valence-corrected chi connectivity index (χ0v) is 69.6. The molecule has 4 atom stereocenters. The number of nitrogens with one attached hydrogen (secondary N) is 9. The number of rotatable bonds is 26. The van der Waals surface area contributed by atoms with Crippen LogP contribution in [0.5, 0.6) is 29.0 Å². The summed E-state index contributed by atoms with van der Waals surface area (Å²) >= 11 is 0.799. The van der Waals surface area contributed by atoms with Gasteiger partial charge in [0.05, 0.1) is 107 Å². The molecule has 35 nitrogen and oxygen atoms in total. The minimum absolute atomic E-state index is 0.00692. The number of aromatic hydroxyl groups is 2. The number of carboxylic acids is 1. The number of anilines is 4. The number of guanidine groups is 1. The highest BCUT2D eigenvalue weighted by molar-refractivity contribution is 7.99. The Hall–Kier alpha value is -12.1. The molecule has 2 bridgehead atoms. The molecule has 5 aliphatic rings. The lowest BCUT2D eigenvalue weighted by Gasteiger charge is -2.30. The summed E-state index contributed by atoms with van der Waals surface area (Å²) in [7, 11) is 1.63. The van der Waals surface area contributed by atoms with Crippen molar-refractivity contribution in [2.45, 2.75) is 88.0 Å². The predicted molar refractivity (Wildman–Crippen MR) is 457 cm³/mol. The molecule has 14 N–H and O–H groups in total. The lowest BCUT2D eigenvalue weighted by Crippen LogP contribution is -2.58. The molecule has 0 saturated carbocycles. The maximum Gasteiger partial charge on any atom is 0.305 e. The van der Waals surface area contributed by atoms with Crippen LogP contribution in [0.15, 0.2) is 126 Å². The number of nitrogens with two attached hydrogens (primary N) is 1. The largest absolute Gasteiger partial charge is 0.494 e. The average molecular weight is 1700 g/mol. The van der Waals surface area contributed by atoms with Gasteiger partial charge in [0.15, 0.2) is 11.8 Å². The number of benzene rings is 6. The van der Waals surface area contributed by atoms with Crippen LogP contribution in [0.1, 0.15) is 68.7 Å². The molecule has 6 aromatic carbocycles. The van der Waals surface area contributed by atoms with Crippen molar-refractivity contribution in [1.82, 2.24) is 46.7 Å². The number of carbonyl (C=O) groups is 9. The van der Waals surface area contributed by atoms with Crippen molar-refractivity contribution in [3.05, 3.63) is 155 Å². The number of amides is 8. The number of aryl methyl sites for hydroxylation is 2. The van der Waals surface area contributed by atoms with Gasteiger partial charge in [0, 0.05) is 118 Å². The van der Waals surface area contributed by atoms with Gasteiger partial charge in [-0.25, -0.2) is 0 Å². The van der Waals surface area contributed by atoms with Crippen molar-refractivity contribution in [3.8, 4) is 29.0 Å². The van der Waals surface area contributed by atoms with Crippen molar-refractivity contribution < 1.29 is 96.4 Å². The van der Waals surface area contributed by atoms with Gasteiger partial charge in [0.2, 0.25) is 41.3 Å².